The average molecular weight is 427 g/mol. The van der Waals surface area contributed by atoms with Gasteiger partial charge in [-0.1, -0.05) is 140 Å². The van der Waals surface area contributed by atoms with E-state index in [4.69, 9.17) is 12.6 Å². The molecular weight excluding hydrogens is 380 g/mol. The first kappa shape index (κ1) is 25.3. The summed E-state index contributed by atoms with van der Waals surface area (Å²) in [7, 11) is 0. The number of unbranched alkanes of at least 4 members (excludes halogenated alkanes) is 12. The molecule has 0 aliphatic rings. The monoisotopic (exact) mass is 426 g/mol. The van der Waals surface area contributed by atoms with Crippen LogP contribution in [-0.2, 0) is 0 Å². The number of thiol groups is 1. The molecule has 0 radical (unpaired) electrons. The molecule has 30 heavy (non-hydrogen) atoms. The van der Waals surface area contributed by atoms with Gasteiger partial charge >= 0.3 is 0 Å². The summed E-state index contributed by atoms with van der Waals surface area (Å²) in [5.74, 6) is 0.553. The Morgan fingerprint density at radius 2 is 1.17 bits per heavy atom. The van der Waals surface area contributed by atoms with E-state index in [1.54, 1.807) is 0 Å². The van der Waals surface area contributed by atoms with Crippen molar-refractivity contribution in [3.8, 4) is 0 Å². The SMILES string of the molecule is CCCCCCCCCCCCCCCC(S)C(CC)c1cccc2ccccc12. The standard InChI is InChI=1S/C29H46S/c1-3-5-6-7-8-9-10-11-12-13-14-15-16-24-29(30)26(4-2)28-23-19-21-25-20-17-18-22-27(25)28/h17-23,26,29-30H,3-16,24H2,1-2H3. The molecule has 0 saturated carbocycles. The molecule has 0 saturated heterocycles. The second-order valence-corrected chi connectivity index (χ2v) is 9.85. The van der Waals surface area contributed by atoms with Crippen molar-refractivity contribution >= 4 is 23.4 Å². The Morgan fingerprint density at radius 3 is 1.77 bits per heavy atom. The van der Waals surface area contributed by atoms with Crippen LogP contribution in [0.1, 0.15) is 122 Å². The normalized spacial score (nSPS) is 13.6. The molecule has 0 bridgehead atoms. The summed E-state index contributed by atoms with van der Waals surface area (Å²) in [6.45, 7) is 4.61. The summed E-state index contributed by atoms with van der Waals surface area (Å²) < 4.78 is 0. The van der Waals surface area contributed by atoms with Crippen LogP contribution in [0.4, 0.5) is 0 Å². The van der Waals surface area contributed by atoms with Crippen molar-refractivity contribution in [1.29, 1.82) is 0 Å². The first-order valence-corrected chi connectivity index (χ1v) is 13.4. The minimum Gasteiger partial charge on any atom is -0.175 e. The Balaban J connectivity index is 1.58. The Kier molecular flexibility index (Phi) is 13.3. The van der Waals surface area contributed by atoms with E-state index in [9.17, 15) is 0 Å². The fraction of sp³-hybridized carbons (Fsp3) is 0.655. The van der Waals surface area contributed by atoms with Crippen LogP contribution in [-0.4, -0.2) is 5.25 Å². The third-order valence-electron chi connectivity index (χ3n) is 6.73. The summed E-state index contributed by atoms with van der Waals surface area (Å²) in [5, 5.41) is 3.24. The average Bonchev–Trinajstić information content (AvgIpc) is 2.77. The van der Waals surface area contributed by atoms with Crippen molar-refractivity contribution in [3.63, 3.8) is 0 Å². The van der Waals surface area contributed by atoms with Gasteiger partial charge in [0.25, 0.3) is 0 Å². The van der Waals surface area contributed by atoms with Crippen LogP contribution in [0.15, 0.2) is 42.5 Å². The van der Waals surface area contributed by atoms with Crippen LogP contribution in [0.25, 0.3) is 10.8 Å². The fourth-order valence-corrected chi connectivity index (χ4v) is 5.40. The molecule has 2 aromatic carbocycles. The quantitative estimate of drug-likeness (QED) is 0.189. The van der Waals surface area contributed by atoms with Crippen molar-refractivity contribution in [1.82, 2.24) is 0 Å². The minimum atomic E-state index is 0.466. The Bertz CT molecular complexity index is 672. The Morgan fingerprint density at radius 1 is 0.633 bits per heavy atom. The number of hydrogen-bond donors (Lipinski definition) is 1. The molecule has 168 valence electrons. The molecule has 0 aliphatic heterocycles. The zero-order chi connectivity index (χ0) is 21.4. The van der Waals surface area contributed by atoms with Gasteiger partial charge in [0.1, 0.15) is 0 Å². The van der Waals surface area contributed by atoms with Gasteiger partial charge in [-0.25, -0.2) is 0 Å². The maximum Gasteiger partial charge on any atom is 0.00856 e. The lowest BCUT2D eigenvalue weighted by Gasteiger charge is -2.24. The van der Waals surface area contributed by atoms with E-state index in [-0.39, 0.29) is 0 Å². The topological polar surface area (TPSA) is 0 Å². The molecule has 2 rings (SSSR count). The molecule has 0 heterocycles. The lowest BCUT2D eigenvalue weighted by molar-refractivity contribution is 0.521. The van der Waals surface area contributed by atoms with Crippen LogP contribution in [0.5, 0.6) is 0 Å². The lowest BCUT2D eigenvalue weighted by Crippen LogP contribution is -2.13. The molecule has 0 spiro atoms. The fourth-order valence-electron chi connectivity index (χ4n) is 4.85. The van der Waals surface area contributed by atoms with E-state index < -0.39 is 0 Å². The maximum atomic E-state index is 5.05. The first-order chi connectivity index (χ1) is 14.8. The summed E-state index contributed by atoms with van der Waals surface area (Å²) in [5.41, 5.74) is 1.49. The van der Waals surface area contributed by atoms with Gasteiger partial charge in [-0.3, -0.25) is 0 Å². The highest BCUT2D eigenvalue weighted by Gasteiger charge is 2.19. The van der Waals surface area contributed by atoms with Crippen molar-refractivity contribution in [2.24, 2.45) is 0 Å². The minimum absolute atomic E-state index is 0.466. The van der Waals surface area contributed by atoms with E-state index in [0.29, 0.717) is 11.2 Å². The zero-order valence-corrected chi connectivity index (χ0v) is 20.6. The van der Waals surface area contributed by atoms with Gasteiger partial charge in [0, 0.05) is 5.25 Å². The highest BCUT2D eigenvalue weighted by atomic mass is 32.1. The maximum absolute atomic E-state index is 5.05. The summed E-state index contributed by atoms with van der Waals surface area (Å²) in [4.78, 5) is 0. The smallest absolute Gasteiger partial charge is 0.00856 e. The largest absolute Gasteiger partial charge is 0.175 e. The molecule has 0 fully saturated rings. The van der Waals surface area contributed by atoms with E-state index in [2.05, 4.69) is 56.3 Å². The van der Waals surface area contributed by atoms with Crippen LogP contribution < -0.4 is 0 Å². The van der Waals surface area contributed by atoms with Crippen molar-refractivity contribution in [2.45, 2.75) is 121 Å². The first-order valence-electron chi connectivity index (χ1n) is 12.9. The van der Waals surface area contributed by atoms with Gasteiger partial charge in [0.15, 0.2) is 0 Å². The Labute approximate surface area is 192 Å². The third-order valence-corrected chi connectivity index (χ3v) is 7.35. The van der Waals surface area contributed by atoms with Gasteiger partial charge in [0.05, 0.1) is 0 Å². The Hall–Kier alpha value is -0.950. The highest BCUT2D eigenvalue weighted by Crippen LogP contribution is 2.34. The van der Waals surface area contributed by atoms with Crippen molar-refractivity contribution in [2.75, 3.05) is 0 Å². The van der Waals surface area contributed by atoms with Crippen LogP contribution >= 0.6 is 12.6 Å². The molecule has 2 aromatic rings. The van der Waals surface area contributed by atoms with Crippen molar-refractivity contribution < 1.29 is 0 Å². The van der Waals surface area contributed by atoms with Gasteiger partial charge in [-0.05, 0) is 35.1 Å². The predicted molar refractivity (Wildman–Crippen MR) is 140 cm³/mol. The molecule has 0 amide bonds. The summed E-state index contributed by atoms with van der Waals surface area (Å²) >= 11 is 5.05. The molecule has 0 aliphatic carbocycles. The number of benzene rings is 2. The van der Waals surface area contributed by atoms with Gasteiger partial charge < -0.3 is 0 Å². The molecule has 2 atom stereocenters. The van der Waals surface area contributed by atoms with Crippen LogP contribution in [0, 0.1) is 0 Å². The summed E-state index contributed by atoms with van der Waals surface area (Å²) in [6.07, 6.45) is 20.9. The van der Waals surface area contributed by atoms with Crippen LogP contribution in [0.2, 0.25) is 0 Å². The number of fused-ring (bicyclic) bond motifs is 1. The second-order valence-electron chi connectivity index (χ2n) is 9.18. The van der Waals surface area contributed by atoms with E-state index >= 15 is 0 Å². The highest BCUT2D eigenvalue weighted by molar-refractivity contribution is 7.81. The number of hydrogen-bond acceptors (Lipinski definition) is 1. The molecule has 1 heteroatoms. The molecule has 0 nitrogen and oxygen atoms in total. The van der Waals surface area contributed by atoms with Gasteiger partial charge in [0.2, 0.25) is 0 Å². The lowest BCUT2D eigenvalue weighted by atomic mass is 9.87. The molecule has 0 aromatic heterocycles. The number of rotatable bonds is 17. The predicted octanol–water partition coefficient (Wildman–Crippen LogP) is 10.1. The third kappa shape index (κ3) is 9.04. The second kappa shape index (κ2) is 15.8. The molecule has 0 N–H and O–H groups in total. The van der Waals surface area contributed by atoms with E-state index in [1.807, 2.05) is 0 Å². The molecular formula is C29H46S. The zero-order valence-electron chi connectivity index (χ0n) is 19.7. The van der Waals surface area contributed by atoms with E-state index in [1.165, 1.54) is 113 Å². The van der Waals surface area contributed by atoms with Gasteiger partial charge in [-0.15, -0.1) is 0 Å². The van der Waals surface area contributed by atoms with Crippen LogP contribution in [0.3, 0.4) is 0 Å². The van der Waals surface area contributed by atoms with Crippen molar-refractivity contribution in [3.05, 3.63) is 48.0 Å². The van der Waals surface area contributed by atoms with E-state index in [0.717, 1.165) is 0 Å². The van der Waals surface area contributed by atoms with Gasteiger partial charge in [-0.2, -0.15) is 12.6 Å². The summed E-state index contributed by atoms with van der Waals surface area (Å²) in [6, 6.07) is 15.6. The molecule has 2 unspecified atom stereocenters.